The molecule has 1 aromatic heterocycles. The van der Waals surface area contributed by atoms with Gasteiger partial charge >= 0.3 is 0 Å². The monoisotopic (exact) mass is 383 g/mol. The number of methoxy groups -OCH3 is 2. The summed E-state index contributed by atoms with van der Waals surface area (Å²) < 4.78 is 10.5. The second kappa shape index (κ2) is 8.42. The first-order chi connectivity index (χ1) is 13.1. The zero-order chi connectivity index (χ0) is 19.2. The van der Waals surface area contributed by atoms with Crippen LogP contribution in [0.1, 0.15) is 10.4 Å². The number of amides is 1. The molecule has 138 valence electrons. The molecule has 0 unspecified atom stereocenters. The summed E-state index contributed by atoms with van der Waals surface area (Å²) in [5.41, 5.74) is 1.93. The highest BCUT2D eigenvalue weighted by atomic mass is 35.5. The van der Waals surface area contributed by atoms with Crippen LogP contribution in [0.25, 0.3) is 0 Å². The Bertz CT molecular complexity index is 923. The Labute approximate surface area is 162 Å². The van der Waals surface area contributed by atoms with Crippen molar-refractivity contribution in [2.45, 2.75) is 0 Å². The molecule has 0 bridgehead atoms. The summed E-state index contributed by atoms with van der Waals surface area (Å²) >= 11 is 5.98. The normalized spacial score (nSPS) is 10.2. The molecule has 3 aromatic rings. The molecule has 3 rings (SSSR count). The molecule has 0 saturated heterocycles. The maximum atomic E-state index is 12.6. The highest BCUT2D eigenvalue weighted by Gasteiger charge is 2.18. The molecule has 1 amide bonds. The van der Waals surface area contributed by atoms with Crippen LogP contribution < -0.4 is 20.1 Å². The summed E-state index contributed by atoms with van der Waals surface area (Å²) in [7, 11) is 3.00. The van der Waals surface area contributed by atoms with Crippen molar-refractivity contribution in [1.29, 1.82) is 0 Å². The summed E-state index contributed by atoms with van der Waals surface area (Å²) in [5.74, 6) is 0.883. The van der Waals surface area contributed by atoms with Crippen molar-refractivity contribution < 1.29 is 14.3 Å². The molecule has 2 N–H and O–H groups in total. The molecule has 0 radical (unpaired) electrons. The Morgan fingerprint density at radius 1 is 0.963 bits per heavy atom. The number of benzene rings is 2. The molecular weight excluding hydrogens is 366 g/mol. The van der Waals surface area contributed by atoms with Crippen molar-refractivity contribution in [2.24, 2.45) is 0 Å². The number of nitrogens with zero attached hydrogens (tertiary/aromatic N) is 1. The highest BCUT2D eigenvalue weighted by molar-refractivity contribution is 6.30. The van der Waals surface area contributed by atoms with Crippen LogP contribution in [0.5, 0.6) is 11.5 Å². The molecule has 2 aromatic carbocycles. The number of hydrogen-bond donors (Lipinski definition) is 2. The van der Waals surface area contributed by atoms with Crippen LogP contribution in [-0.4, -0.2) is 25.1 Å². The number of carbonyl (C=O) groups excluding carboxylic acids is 1. The van der Waals surface area contributed by atoms with Gasteiger partial charge in [-0.3, -0.25) is 4.79 Å². The van der Waals surface area contributed by atoms with E-state index in [1.54, 1.807) is 36.5 Å². The van der Waals surface area contributed by atoms with Crippen molar-refractivity contribution in [2.75, 3.05) is 24.9 Å². The average Bonchev–Trinajstić information content (AvgIpc) is 2.68. The smallest absolute Gasteiger partial charge is 0.264 e. The minimum atomic E-state index is -0.368. The Balaban J connectivity index is 1.74. The number of aromatic nitrogens is 1. The minimum Gasteiger partial charge on any atom is -0.496 e. The van der Waals surface area contributed by atoms with Crippen LogP contribution >= 0.6 is 11.6 Å². The molecule has 27 heavy (non-hydrogen) atoms. The first-order valence-corrected chi connectivity index (χ1v) is 8.49. The predicted octanol–water partition coefficient (Wildman–Crippen LogP) is 4.75. The number of rotatable bonds is 6. The van der Waals surface area contributed by atoms with Gasteiger partial charge in [-0.2, -0.15) is 0 Å². The predicted molar refractivity (Wildman–Crippen MR) is 106 cm³/mol. The number of halogens is 1. The zero-order valence-electron chi connectivity index (χ0n) is 14.8. The summed E-state index contributed by atoms with van der Waals surface area (Å²) in [6.07, 6.45) is 1.62. The lowest BCUT2D eigenvalue weighted by Crippen LogP contribution is -2.15. The average molecular weight is 384 g/mol. The van der Waals surface area contributed by atoms with E-state index >= 15 is 0 Å². The van der Waals surface area contributed by atoms with Gasteiger partial charge in [0.25, 0.3) is 5.91 Å². The molecule has 6 nitrogen and oxygen atoms in total. The third kappa shape index (κ3) is 4.48. The molecule has 0 aliphatic carbocycles. The van der Waals surface area contributed by atoms with Gasteiger partial charge in [0.1, 0.15) is 22.9 Å². The molecular formula is C20H18ClN3O3. The van der Waals surface area contributed by atoms with E-state index in [0.29, 0.717) is 27.9 Å². The molecule has 7 heteroatoms. The van der Waals surface area contributed by atoms with Gasteiger partial charge < -0.3 is 20.1 Å². The number of anilines is 3. The van der Waals surface area contributed by atoms with Crippen molar-refractivity contribution in [1.82, 2.24) is 4.98 Å². The highest BCUT2D eigenvalue weighted by Crippen LogP contribution is 2.29. The van der Waals surface area contributed by atoms with Crippen molar-refractivity contribution in [3.8, 4) is 11.5 Å². The SMILES string of the molecule is COc1cccc(OC)c1C(=O)Nc1ccc(Nc2cccc(Cl)c2)cn1. The summed E-state index contributed by atoms with van der Waals surface area (Å²) in [5, 5.41) is 6.58. The summed E-state index contributed by atoms with van der Waals surface area (Å²) in [6, 6.07) is 16.0. The van der Waals surface area contributed by atoms with Gasteiger partial charge in [0.15, 0.2) is 0 Å². The van der Waals surface area contributed by atoms with Gasteiger partial charge in [0.2, 0.25) is 0 Å². The van der Waals surface area contributed by atoms with Crippen LogP contribution in [-0.2, 0) is 0 Å². The Morgan fingerprint density at radius 2 is 1.67 bits per heavy atom. The fraction of sp³-hybridized carbons (Fsp3) is 0.100. The van der Waals surface area contributed by atoms with E-state index in [1.807, 2.05) is 24.3 Å². The van der Waals surface area contributed by atoms with E-state index < -0.39 is 0 Å². The minimum absolute atomic E-state index is 0.311. The third-order valence-electron chi connectivity index (χ3n) is 3.77. The van der Waals surface area contributed by atoms with Crippen LogP contribution in [0.15, 0.2) is 60.8 Å². The number of hydrogen-bond acceptors (Lipinski definition) is 5. The lowest BCUT2D eigenvalue weighted by Gasteiger charge is -2.13. The maximum absolute atomic E-state index is 12.6. The third-order valence-corrected chi connectivity index (χ3v) is 4.01. The van der Waals surface area contributed by atoms with E-state index in [1.165, 1.54) is 14.2 Å². The molecule has 0 aliphatic rings. The molecule has 0 spiro atoms. The van der Waals surface area contributed by atoms with E-state index in [4.69, 9.17) is 21.1 Å². The fourth-order valence-corrected chi connectivity index (χ4v) is 2.72. The second-order valence-corrected chi connectivity index (χ2v) is 6.00. The van der Waals surface area contributed by atoms with Gasteiger partial charge in [0.05, 0.1) is 26.1 Å². The standard InChI is InChI=1S/C20H18ClN3O3/c1-26-16-7-4-8-17(27-2)19(16)20(25)24-18-10-9-15(12-22-18)23-14-6-3-5-13(21)11-14/h3-12,23H,1-2H3,(H,22,24,25). The number of ether oxygens (including phenoxy) is 2. The van der Waals surface area contributed by atoms with Gasteiger partial charge in [-0.15, -0.1) is 0 Å². The molecule has 0 fully saturated rings. The van der Waals surface area contributed by atoms with Crippen LogP contribution in [0.2, 0.25) is 5.02 Å². The first-order valence-electron chi connectivity index (χ1n) is 8.11. The van der Waals surface area contributed by atoms with Crippen LogP contribution in [0.3, 0.4) is 0 Å². The summed E-state index contributed by atoms with van der Waals surface area (Å²) in [4.78, 5) is 16.9. The molecule has 1 heterocycles. The Hall–Kier alpha value is -3.25. The van der Waals surface area contributed by atoms with Crippen molar-refractivity contribution in [3.05, 3.63) is 71.4 Å². The maximum Gasteiger partial charge on any atom is 0.264 e. The second-order valence-electron chi connectivity index (χ2n) is 5.56. The quantitative estimate of drug-likeness (QED) is 0.642. The van der Waals surface area contributed by atoms with Gasteiger partial charge in [-0.1, -0.05) is 23.7 Å². The fourth-order valence-electron chi connectivity index (χ4n) is 2.53. The largest absolute Gasteiger partial charge is 0.496 e. The zero-order valence-corrected chi connectivity index (χ0v) is 15.6. The molecule has 0 atom stereocenters. The van der Waals surface area contributed by atoms with E-state index in [-0.39, 0.29) is 5.91 Å². The van der Waals surface area contributed by atoms with Crippen molar-refractivity contribution >= 4 is 34.7 Å². The van der Waals surface area contributed by atoms with E-state index in [9.17, 15) is 4.79 Å². The summed E-state index contributed by atoms with van der Waals surface area (Å²) in [6.45, 7) is 0. The number of carbonyl (C=O) groups is 1. The van der Waals surface area contributed by atoms with Crippen molar-refractivity contribution in [3.63, 3.8) is 0 Å². The van der Waals surface area contributed by atoms with Gasteiger partial charge in [-0.05, 0) is 42.5 Å². The lowest BCUT2D eigenvalue weighted by atomic mass is 10.1. The first kappa shape index (κ1) is 18.5. The molecule has 0 saturated carbocycles. The van der Waals surface area contributed by atoms with Crippen LogP contribution in [0, 0.1) is 0 Å². The number of pyridine rings is 1. The topological polar surface area (TPSA) is 72.5 Å². The van der Waals surface area contributed by atoms with Gasteiger partial charge in [-0.25, -0.2) is 4.98 Å². The Morgan fingerprint density at radius 3 is 2.26 bits per heavy atom. The van der Waals surface area contributed by atoms with Gasteiger partial charge in [0, 0.05) is 10.7 Å². The van der Waals surface area contributed by atoms with E-state index in [0.717, 1.165) is 11.4 Å². The number of nitrogens with one attached hydrogen (secondary N) is 2. The lowest BCUT2D eigenvalue weighted by molar-refractivity contribution is 0.102. The molecule has 0 aliphatic heterocycles. The van der Waals surface area contributed by atoms with E-state index in [2.05, 4.69) is 15.6 Å². The Kier molecular flexibility index (Phi) is 5.78. The van der Waals surface area contributed by atoms with Crippen LogP contribution in [0.4, 0.5) is 17.2 Å².